The first-order valence-electron chi connectivity index (χ1n) is 5.58. The third-order valence-electron chi connectivity index (χ3n) is 3.31. The zero-order chi connectivity index (χ0) is 11.9. The van der Waals surface area contributed by atoms with Gasteiger partial charge in [0.15, 0.2) is 0 Å². The first-order valence-corrected chi connectivity index (χ1v) is 7.81. The minimum Gasteiger partial charge on any atom is -0.345 e. The van der Waals surface area contributed by atoms with E-state index in [1.54, 1.807) is 22.7 Å². The smallest absolute Gasteiger partial charge is 0.261 e. The molecule has 1 aliphatic carbocycles. The molecule has 1 N–H and O–H groups in total. The van der Waals surface area contributed by atoms with Crippen molar-refractivity contribution in [3.63, 3.8) is 0 Å². The molecule has 2 nitrogen and oxygen atoms in total. The van der Waals surface area contributed by atoms with E-state index < -0.39 is 0 Å². The molecule has 2 heterocycles. The van der Waals surface area contributed by atoms with E-state index in [9.17, 15) is 4.79 Å². The zero-order valence-corrected chi connectivity index (χ0v) is 11.6. The van der Waals surface area contributed by atoms with Gasteiger partial charge in [-0.3, -0.25) is 4.79 Å². The van der Waals surface area contributed by atoms with Crippen LogP contribution in [0.3, 0.4) is 0 Å². The molecule has 0 radical (unpaired) electrons. The summed E-state index contributed by atoms with van der Waals surface area (Å²) in [4.78, 5) is 12.9. The molecule has 1 fully saturated rings. The van der Waals surface area contributed by atoms with Crippen molar-refractivity contribution in [3.8, 4) is 0 Å². The van der Waals surface area contributed by atoms with Crippen molar-refractivity contribution in [1.82, 2.24) is 5.32 Å². The number of carbonyl (C=O) groups is 1. The van der Waals surface area contributed by atoms with Gasteiger partial charge in [0.2, 0.25) is 0 Å². The summed E-state index contributed by atoms with van der Waals surface area (Å²) in [6.07, 6.45) is 3.16. The number of halogens is 1. The van der Waals surface area contributed by atoms with Gasteiger partial charge in [-0.25, -0.2) is 0 Å². The Balaban J connectivity index is 1.80. The molecule has 1 amide bonds. The fourth-order valence-corrected chi connectivity index (χ4v) is 4.41. The van der Waals surface area contributed by atoms with Crippen LogP contribution >= 0.6 is 34.3 Å². The van der Waals surface area contributed by atoms with Crippen LogP contribution in [-0.2, 0) is 0 Å². The van der Waals surface area contributed by atoms with Crippen molar-refractivity contribution < 1.29 is 4.79 Å². The number of amides is 1. The van der Waals surface area contributed by atoms with Gasteiger partial charge in [0.1, 0.15) is 0 Å². The summed E-state index contributed by atoms with van der Waals surface area (Å²) in [5.41, 5.74) is -0.143. The molecule has 17 heavy (non-hydrogen) atoms. The summed E-state index contributed by atoms with van der Waals surface area (Å²) in [5.74, 6) is 0.539. The number of thiophene rings is 2. The maximum atomic E-state index is 12.1. The number of carbonyl (C=O) groups excluding carboxylic acids is 1. The minimum atomic E-state index is -0.143. The Labute approximate surface area is 113 Å². The lowest BCUT2D eigenvalue weighted by Crippen LogP contribution is -2.54. The molecule has 1 aliphatic rings. The number of hydrogen-bond acceptors (Lipinski definition) is 3. The molecular weight excluding hydrogens is 274 g/mol. The third-order valence-corrected chi connectivity index (χ3v) is 5.91. The summed E-state index contributed by atoms with van der Waals surface area (Å²) in [5, 5.41) is 5.14. The topological polar surface area (TPSA) is 29.1 Å². The lowest BCUT2D eigenvalue weighted by Gasteiger charge is -2.40. The Morgan fingerprint density at radius 1 is 1.47 bits per heavy atom. The van der Waals surface area contributed by atoms with E-state index >= 15 is 0 Å². The van der Waals surface area contributed by atoms with E-state index in [4.69, 9.17) is 11.6 Å². The molecule has 0 unspecified atom stereocenters. The summed E-state index contributed by atoms with van der Waals surface area (Å²) < 4.78 is 2.38. The van der Waals surface area contributed by atoms with Crippen LogP contribution in [0, 0.1) is 0 Å². The molecule has 90 valence electrons. The van der Waals surface area contributed by atoms with Crippen LogP contribution in [0.1, 0.15) is 28.9 Å². The van der Waals surface area contributed by atoms with E-state index in [2.05, 4.69) is 16.8 Å². The Hall–Kier alpha value is -0.580. The number of nitrogens with one attached hydrogen (secondary N) is 1. The zero-order valence-electron chi connectivity index (χ0n) is 9.16. The Kier molecular flexibility index (Phi) is 2.89. The molecule has 0 atom stereocenters. The highest BCUT2D eigenvalue weighted by molar-refractivity contribution is 7.27. The van der Waals surface area contributed by atoms with Gasteiger partial charge in [0.05, 0.1) is 10.4 Å². The largest absolute Gasteiger partial charge is 0.345 e. The number of alkyl halides is 1. The fourth-order valence-electron chi connectivity index (χ4n) is 2.08. The van der Waals surface area contributed by atoms with Crippen molar-refractivity contribution in [1.29, 1.82) is 0 Å². The molecule has 1 saturated carbocycles. The predicted molar refractivity (Wildman–Crippen MR) is 74.5 cm³/mol. The van der Waals surface area contributed by atoms with Crippen LogP contribution in [-0.4, -0.2) is 17.3 Å². The molecular formula is C12H12ClNOS2. The highest BCUT2D eigenvalue weighted by Crippen LogP contribution is 2.34. The normalized spacial score (nSPS) is 17.9. The van der Waals surface area contributed by atoms with E-state index in [0.29, 0.717) is 5.88 Å². The van der Waals surface area contributed by atoms with E-state index in [0.717, 1.165) is 24.1 Å². The van der Waals surface area contributed by atoms with Crippen molar-refractivity contribution in [2.75, 3.05) is 5.88 Å². The maximum Gasteiger partial charge on any atom is 0.261 e. The molecule has 3 rings (SSSR count). The van der Waals surface area contributed by atoms with Crippen LogP contribution in [0.15, 0.2) is 17.5 Å². The van der Waals surface area contributed by atoms with E-state index in [1.807, 2.05) is 6.07 Å². The van der Waals surface area contributed by atoms with Crippen LogP contribution in [0.5, 0.6) is 0 Å². The number of rotatable bonds is 3. The average Bonchev–Trinajstić information content (AvgIpc) is 2.82. The van der Waals surface area contributed by atoms with Gasteiger partial charge in [-0.15, -0.1) is 34.3 Å². The summed E-state index contributed by atoms with van der Waals surface area (Å²) in [7, 11) is 0. The Bertz CT molecular complexity index is 522. The monoisotopic (exact) mass is 285 g/mol. The van der Waals surface area contributed by atoms with Crippen LogP contribution in [0.4, 0.5) is 0 Å². The molecule has 5 heteroatoms. The second-order valence-electron chi connectivity index (χ2n) is 4.48. The van der Waals surface area contributed by atoms with Crippen molar-refractivity contribution in [3.05, 3.63) is 22.4 Å². The molecule has 0 saturated heterocycles. The van der Waals surface area contributed by atoms with Crippen LogP contribution < -0.4 is 5.32 Å². The van der Waals surface area contributed by atoms with Gasteiger partial charge in [0.25, 0.3) is 5.91 Å². The van der Waals surface area contributed by atoms with E-state index in [-0.39, 0.29) is 11.4 Å². The number of hydrogen-bond donors (Lipinski definition) is 1. The van der Waals surface area contributed by atoms with Gasteiger partial charge < -0.3 is 5.32 Å². The maximum absolute atomic E-state index is 12.1. The molecule has 2 aromatic heterocycles. The third kappa shape index (κ3) is 1.98. The summed E-state index contributed by atoms with van der Waals surface area (Å²) >= 11 is 9.17. The highest BCUT2D eigenvalue weighted by atomic mass is 35.5. The molecule has 0 bridgehead atoms. The van der Waals surface area contributed by atoms with Crippen molar-refractivity contribution in [2.45, 2.75) is 24.8 Å². The molecule has 0 aromatic carbocycles. The average molecular weight is 286 g/mol. The second kappa shape index (κ2) is 4.26. The van der Waals surface area contributed by atoms with Gasteiger partial charge in [-0.05, 0) is 36.8 Å². The van der Waals surface area contributed by atoms with Crippen LogP contribution in [0.25, 0.3) is 9.40 Å². The van der Waals surface area contributed by atoms with Gasteiger partial charge in [0, 0.05) is 15.3 Å². The fraction of sp³-hybridized carbons (Fsp3) is 0.417. The summed E-state index contributed by atoms with van der Waals surface area (Å²) in [6, 6.07) is 4.03. The number of fused-ring (bicyclic) bond motifs is 1. The minimum absolute atomic E-state index is 0.0266. The summed E-state index contributed by atoms with van der Waals surface area (Å²) in [6.45, 7) is 0. The lowest BCUT2D eigenvalue weighted by molar-refractivity contribution is 0.0858. The lowest BCUT2D eigenvalue weighted by atomic mass is 9.78. The van der Waals surface area contributed by atoms with Gasteiger partial charge in [-0.1, -0.05) is 0 Å². The Morgan fingerprint density at radius 2 is 2.29 bits per heavy atom. The van der Waals surface area contributed by atoms with Crippen molar-refractivity contribution in [2.24, 2.45) is 0 Å². The van der Waals surface area contributed by atoms with Gasteiger partial charge in [-0.2, -0.15) is 0 Å². The molecule has 0 spiro atoms. The highest BCUT2D eigenvalue weighted by Gasteiger charge is 2.37. The Morgan fingerprint density at radius 3 is 2.88 bits per heavy atom. The second-order valence-corrected chi connectivity index (χ2v) is 6.78. The van der Waals surface area contributed by atoms with Gasteiger partial charge >= 0.3 is 0 Å². The van der Waals surface area contributed by atoms with Crippen LogP contribution in [0.2, 0.25) is 0 Å². The quantitative estimate of drug-likeness (QED) is 0.853. The van der Waals surface area contributed by atoms with Crippen molar-refractivity contribution >= 4 is 49.6 Å². The predicted octanol–water partition coefficient (Wildman–Crippen LogP) is 3.85. The van der Waals surface area contributed by atoms with E-state index in [1.165, 1.54) is 9.40 Å². The first-order chi connectivity index (χ1) is 8.22. The standard InChI is InChI=1S/C12H12ClNOS2/c13-7-12(3-1-4-12)14-11(15)10-6-9-8(17-10)2-5-16-9/h2,5-6H,1,3-4,7H2,(H,14,15). The molecule has 2 aromatic rings. The SMILES string of the molecule is O=C(NC1(CCl)CCC1)c1cc2sccc2s1. The first kappa shape index (κ1) is 11.5. The molecule has 0 aliphatic heterocycles.